The molecule has 1 N–H and O–H groups in total. The van der Waals surface area contributed by atoms with Crippen molar-refractivity contribution in [2.24, 2.45) is 0 Å². The summed E-state index contributed by atoms with van der Waals surface area (Å²) in [6, 6.07) is 17.6. The van der Waals surface area contributed by atoms with E-state index in [1.54, 1.807) is 12.1 Å². The number of benzene rings is 2. The molecular weight excluding hydrogens is 298 g/mol. The van der Waals surface area contributed by atoms with E-state index < -0.39 is 0 Å². The zero-order chi connectivity index (χ0) is 17.5. The lowest BCUT2D eigenvalue weighted by Gasteiger charge is -2.26. The standard InChI is InChI=1S/C20H23N3O/c1-15(2)23(13-18-10-8-17(12-21)9-11-18)14-20(24)22-19-7-5-4-6-16(19)3/h4-11,15H,13-14H2,1-3H3,(H,22,24). The van der Waals surface area contributed by atoms with Crippen molar-refractivity contribution in [2.45, 2.75) is 33.4 Å². The van der Waals surface area contributed by atoms with E-state index in [-0.39, 0.29) is 11.9 Å². The molecule has 2 aromatic carbocycles. The zero-order valence-electron chi connectivity index (χ0n) is 14.4. The summed E-state index contributed by atoms with van der Waals surface area (Å²) in [5.41, 5.74) is 3.64. The highest BCUT2D eigenvalue weighted by Gasteiger charge is 2.15. The van der Waals surface area contributed by atoms with Gasteiger partial charge in [-0.25, -0.2) is 0 Å². The summed E-state index contributed by atoms with van der Waals surface area (Å²) in [7, 11) is 0. The van der Waals surface area contributed by atoms with Gasteiger partial charge < -0.3 is 5.32 Å². The lowest BCUT2D eigenvalue weighted by Crippen LogP contribution is -2.37. The van der Waals surface area contributed by atoms with E-state index in [0.717, 1.165) is 16.8 Å². The van der Waals surface area contributed by atoms with Gasteiger partial charge in [0.05, 0.1) is 18.2 Å². The van der Waals surface area contributed by atoms with Gasteiger partial charge in [-0.1, -0.05) is 30.3 Å². The zero-order valence-corrected chi connectivity index (χ0v) is 14.4. The molecule has 0 fully saturated rings. The molecule has 0 saturated carbocycles. The minimum absolute atomic E-state index is 0.0216. The maximum absolute atomic E-state index is 12.4. The van der Waals surface area contributed by atoms with Crippen molar-refractivity contribution >= 4 is 11.6 Å². The van der Waals surface area contributed by atoms with E-state index in [1.807, 2.05) is 43.3 Å². The third-order valence-electron chi connectivity index (χ3n) is 3.96. The number of nitriles is 1. The summed E-state index contributed by atoms with van der Waals surface area (Å²) < 4.78 is 0. The van der Waals surface area contributed by atoms with Crippen molar-refractivity contribution in [3.8, 4) is 6.07 Å². The van der Waals surface area contributed by atoms with Gasteiger partial charge in [0.1, 0.15) is 0 Å². The highest BCUT2D eigenvalue weighted by molar-refractivity contribution is 5.92. The number of amides is 1. The Morgan fingerprint density at radius 2 is 1.83 bits per heavy atom. The fourth-order valence-corrected chi connectivity index (χ4v) is 2.43. The van der Waals surface area contributed by atoms with Crippen LogP contribution in [0.2, 0.25) is 0 Å². The predicted molar refractivity (Wildman–Crippen MR) is 96.5 cm³/mol. The van der Waals surface area contributed by atoms with Crippen LogP contribution in [0.25, 0.3) is 0 Å². The number of hydrogen-bond donors (Lipinski definition) is 1. The Morgan fingerprint density at radius 3 is 2.42 bits per heavy atom. The lowest BCUT2D eigenvalue weighted by atomic mass is 10.1. The topological polar surface area (TPSA) is 56.1 Å². The first-order valence-corrected chi connectivity index (χ1v) is 8.08. The summed E-state index contributed by atoms with van der Waals surface area (Å²) in [5, 5.41) is 11.8. The average Bonchev–Trinajstić information content (AvgIpc) is 2.57. The van der Waals surface area contributed by atoms with Crippen LogP contribution in [0, 0.1) is 18.3 Å². The van der Waals surface area contributed by atoms with Crippen LogP contribution in [0.15, 0.2) is 48.5 Å². The molecule has 0 aromatic heterocycles. The molecule has 2 aromatic rings. The van der Waals surface area contributed by atoms with Gasteiger partial charge in [0, 0.05) is 18.3 Å². The lowest BCUT2D eigenvalue weighted by molar-refractivity contribution is -0.117. The fourth-order valence-electron chi connectivity index (χ4n) is 2.43. The number of nitrogens with one attached hydrogen (secondary N) is 1. The Hall–Kier alpha value is -2.64. The molecule has 0 radical (unpaired) electrons. The smallest absolute Gasteiger partial charge is 0.238 e. The summed E-state index contributed by atoms with van der Waals surface area (Å²) in [6.45, 7) is 7.12. The summed E-state index contributed by atoms with van der Waals surface area (Å²) in [6.07, 6.45) is 0. The number of anilines is 1. The van der Waals surface area contributed by atoms with Crippen molar-refractivity contribution in [3.05, 3.63) is 65.2 Å². The van der Waals surface area contributed by atoms with Crippen LogP contribution < -0.4 is 5.32 Å². The van der Waals surface area contributed by atoms with Gasteiger partial charge in [-0.05, 0) is 50.1 Å². The van der Waals surface area contributed by atoms with E-state index in [4.69, 9.17) is 5.26 Å². The van der Waals surface area contributed by atoms with Crippen molar-refractivity contribution in [1.82, 2.24) is 4.90 Å². The molecule has 4 heteroatoms. The maximum Gasteiger partial charge on any atom is 0.238 e. The summed E-state index contributed by atoms with van der Waals surface area (Å²) in [4.78, 5) is 14.5. The van der Waals surface area contributed by atoms with Crippen LogP contribution in [0.3, 0.4) is 0 Å². The highest BCUT2D eigenvalue weighted by atomic mass is 16.2. The Kier molecular flexibility index (Phi) is 6.11. The number of nitrogens with zero attached hydrogens (tertiary/aromatic N) is 2. The van der Waals surface area contributed by atoms with E-state index >= 15 is 0 Å². The average molecular weight is 321 g/mol. The van der Waals surface area contributed by atoms with Crippen molar-refractivity contribution in [2.75, 3.05) is 11.9 Å². The molecule has 0 spiro atoms. The quantitative estimate of drug-likeness (QED) is 0.882. The molecule has 0 aliphatic carbocycles. The fraction of sp³-hybridized carbons (Fsp3) is 0.300. The minimum Gasteiger partial charge on any atom is -0.325 e. The maximum atomic E-state index is 12.4. The third kappa shape index (κ3) is 4.94. The van der Waals surface area contributed by atoms with Crippen LogP contribution in [0.1, 0.15) is 30.5 Å². The number of hydrogen-bond acceptors (Lipinski definition) is 3. The summed E-state index contributed by atoms with van der Waals surface area (Å²) >= 11 is 0. The highest BCUT2D eigenvalue weighted by Crippen LogP contribution is 2.14. The molecule has 24 heavy (non-hydrogen) atoms. The van der Waals surface area contributed by atoms with Gasteiger partial charge in [-0.3, -0.25) is 9.69 Å². The number of carbonyl (C=O) groups is 1. The number of aryl methyl sites for hydroxylation is 1. The third-order valence-corrected chi connectivity index (χ3v) is 3.96. The molecule has 0 aliphatic rings. The molecule has 4 nitrogen and oxygen atoms in total. The van der Waals surface area contributed by atoms with E-state index in [1.165, 1.54) is 0 Å². The van der Waals surface area contributed by atoms with Crippen molar-refractivity contribution < 1.29 is 4.79 Å². The number of rotatable bonds is 6. The van der Waals surface area contributed by atoms with Crippen LogP contribution >= 0.6 is 0 Å². The first kappa shape index (κ1) is 17.7. The SMILES string of the molecule is Cc1ccccc1NC(=O)CN(Cc1ccc(C#N)cc1)C(C)C. The Balaban J connectivity index is 2.01. The Labute approximate surface area is 143 Å². The molecule has 2 rings (SSSR count). The molecular formula is C20H23N3O. The van der Waals surface area contributed by atoms with E-state index in [2.05, 4.69) is 30.1 Å². The number of para-hydroxylation sites is 1. The first-order chi connectivity index (χ1) is 11.5. The molecule has 0 saturated heterocycles. The van der Waals surface area contributed by atoms with E-state index in [0.29, 0.717) is 18.7 Å². The Morgan fingerprint density at radius 1 is 1.17 bits per heavy atom. The normalized spacial score (nSPS) is 10.7. The Bertz CT molecular complexity index is 729. The number of carbonyl (C=O) groups excluding carboxylic acids is 1. The van der Waals surface area contributed by atoms with Crippen molar-refractivity contribution in [3.63, 3.8) is 0 Å². The van der Waals surface area contributed by atoms with Gasteiger partial charge in [-0.15, -0.1) is 0 Å². The minimum atomic E-state index is -0.0216. The van der Waals surface area contributed by atoms with Crippen molar-refractivity contribution in [1.29, 1.82) is 5.26 Å². The van der Waals surface area contributed by atoms with Crippen LogP contribution in [0.5, 0.6) is 0 Å². The largest absolute Gasteiger partial charge is 0.325 e. The molecule has 0 unspecified atom stereocenters. The van der Waals surface area contributed by atoms with Gasteiger partial charge in [0.2, 0.25) is 5.91 Å². The van der Waals surface area contributed by atoms with Gasteiger partial charge in [-0.2, -0.15) is 5.26 Å². The molecule has 0 bridgehead atoms. The second-order valence-corrected chi connectivity index (χ2v) is 6.17. The summed E-state index contributed by atoms with van der Waals surface area (Å²) in [5.74, 6) is -0.0216. The molecule has 124 valence electrons. The molecule has 0 aliphatic heterocycles. The second kappa shape index (κ2) is 8.28. The van der Waals surface area contributed by atoms with Crippen LogP contribution in [-0.2, 0) is 11.3 Å². The first-order valence-electron chi connectivity index (χ1n) is 8.08. The molecule has 1 amide bonds. The van der Waals surface area contributed by atoms with Gasteiger partial charge in [0.25, 0.3) is 0 Å². The molecule has 0 atom stereocenters. The van der Waals surface area contributed by atoms with Crippen LogP contribution in [0.4, 0.5) is 5.69 Å². The predicted octanol–water partition coefficient (Wildman–Crippen LogP) is 3.72. The molecule has 0 heterocycles. The second-order valence-electron chi connectivity index (χ2n) is 6.17. The van der Waals surface area contributed by atoms with Gasteiger partial charge >= 0.3 is 0 Å². The van der Waals surface area contributed by atoms with Crippen LogP contribution in [-0.4, -0.2) is 23.4 Å². The van der Waals surface area contributed by atoms with Gasteiger partial charge in [0.15, 0.2) is 0 Å². The monoisotopic (exact) mass is 321 g/mol. The van der Waals surface area contributed by atoms with E-state index in [9.17, 15) is 4.79 Å².